The van der Waals surface area contributed by atoms with E-state index in [4.69, 9.17) is 0 Å². The first-order chi connectivity index (χ1) is 8.00. The molecule has 0 spiro atoms. The molecule has 0 bridgehead atoms. The molecule has 1 atom stereocenters. The fourth-order valence-corrected chi connectivity index (χ4v) is 2.82. The van der Waals surface area contributed by atoms with Gasteiger partial charge in [0.25, 0.3) is 0 Å². The zero-order valence-corrected chi connectivity index (χ0v) is 11.9. The number of halogens is 4. The number of hydrogen-bond donors (Lipinski definition) is 0. The van der Waals surface area contributed by atoms with E-state index in [9.17, 15) is 13.6 Å². The van der Waals surface area contributed by atoms with Gasteiger partial charge in [0.1, 0.15) is 5.69 Å². The number of carbonyl (C=O) groups is 1. The van der Waals surface area contributed by atoms with Gasteiger partial charge in [0.2, 0.25) is 5.91 Å². The quantitative estimate of drug-likeness (QED) is 0.693. The summed E-state index contributed by atoms with van der Waals surface area (Å²) in [4.78, 5) is 12.7. The molecule has 0 aliphatic carbocycles. The van der Waals surface area contributed by atoms with Crippen LogP contribution >= 0.6 is 31.9 Å². The maximum Gasteiger partial charge on any atom is 0.240 e. The van der Waals surface area contributed by atoms with Crippen LogP contribution in [-0.4, -0.2) is 17.3 Å². The number of rotatable bonds is 1. The summed E-state index contributed by atoms with van der Waals surface area (Å²) in [6.45, 7) is 0.344. The average molecular weight is 369 g/mol. The standard InChI is InChI=1S/C11H9Br2F2NO/c12-6-4-8(14)10(9(15)5-6)16-3-1-2-7(13)11(16)17/h4-5,7H,1-3H2. The number of alkyl halides is 1. The molecule has 0 saturated carbocycles. The Balaban J connectivity index is 2.43. The third kappa shape index (κ3) is 2.52. The third-order valence-corrected chi connectivity index (χ3v) is 3.93. The summed E-state index contributed by atoms with van der Waals surface area (Å²) in [5.41, 5.74) is -0.262. The Hall–Kier alpha value is -0.490. The first kappa shape index (κ1) is 13.0. The third-order valence-electron chi connectivity index (χ3n) is 2.62. The molecule has 0 N–H and O–H groups in total. The molecule has 1 aromatic rings. The van der Waals surface area contributed by atoms with E-state index in [2.05, 4.69) is 31.9 Å². The predicted molar refractivity (Wildman–Crippen MR) is 68.4 cm³/mol. The van der Waals surface area contributed by atoms with Crippen LogP contribution in [-0.2, 0) is 4.79 Å². The van der Waals surface area contributed by atoms with Crippen LogP contribution in [0.3, 0.4) is 0 Å². The highest BCUT2D eigenvalue weighted by Gasteiger charge is 2.31. The molecular formula is C11H9Br2F2NO. The van der Waals surface area contributed by atoms with E-state index < -0.39 is 11.6 Å². The number of benzene rings is 1. The van der Waals surface area contributed by atoms with Gasteiger partial charge in [0.15, 0.2) is 11.6 Å². The van der Waals surface area contributed by atoms with Crippen LogP contribution in [0.1, 0.15) is 12.8 Å². The lowest BCUT2D eigenvalue weighted by Gasteiger charge is -2.30. The van der Waals surface area contributed by atoms with Gasteiger partial charge in [0.05, 0.1) is 4.83 Å². The maximum absolute atomic E-state index is 13.7. The van der Waals surface area contributed by atoms with Crippen molar-refractivity contribution in [3.8, 4) is 0 Å². The molecular weight excluding hydrogens is 360 g/mol. The van der Waals surface area contributed by atoms with Crippen LogP contribution in [0.15, 0.2) is 16.6 Å². The Morgan fingerprint density at radius 3 is 2.47 bits per heavy atom. The van der Waals surface area contributed by atoms with Crippen molar-refractivity contribution >= 4 is 43.5 Å². The monoisotopic (exact) mass is 367 g/mol. The summed E-state index contributed by atoms with van der Waals surface area (Å²) in [5.74, 6) is -1.75. The molecule has 0 radical (unpaired) electrons. The van der Waals surface area contributed by atoms with Crippen molar-refractivity contribution in [1.29, 1.82) is 0 Å². The summed E-state index contributed by atoms with van der Waals surface area (Å²) in [6.07, 6.45) is 1.41. The number of carbonyl (C=O) groups excluding carboxylic acids is 1. The average Bonchev–Trinajstić information content (AvgIpc) is 2.23. The molecule has 1 saturated heterocycles. The van der Waals surface area contributed by atoms with Crippen molar-refractivity contribution in [2.45, 2.75) is 17.7 Å². The first-order valence-electron chi connectivity index (χ1n) is 5.10. The van der Waals surface area contributed by atoms with E-state index in [0.29, 0.717) is 17.4 Å². The Morgan fingerprint density at radius 2 is 1.88 bits per heavy atom. The van der Waals surface area contributed by atoms with Crippen LogP contribution in [0.25, 0.3) is 0 Å². The van der Waals surface area contributed by atoms with E-state index in [-0.39, 0.29) is 16.4 Å². The number of anilines is 1. The predicted octanol–water partition coefficient (Wildman–Crippen LogP) is 3.62. The van der Waals surface area contributed by atoms with Crippen molar-refractivity contribution in [2.24, 2.45) is 0 Å². The van der Waals surface area contributed by atoms with Gasteiger partial charge in [0, 0.05) is 11.0 Å². The number of piperidine rings is 1. The van der Waals surface area contributed by atoms with Gasteiger partial charge >= 0.3 is 0 Å². The summed E-state index contributed by atoms with van der Waals surface area (Å²) >= 11 is 6.21. The smallest absolute Gasteiger partial charge is 0.240 e. The van der Waals surface area contributed by atoms with Crippen molar-refractivity contribution in [3.05, 3.63) is 28.2 Å². The molecule has 2 rings (SSSR count). The molecule has 1 heterocycles. The van der Waals surface area contributed by atoms with Crippen LogP contribution in [0.2, 0.25) is 0 Å². The minimum Gasteiger partial charge on any atom is -0.306 e. The van der Waals surface area contributed by atoms with E-state index in [1.54, 1.807) is 0 Å². The van der Waals surface area contributed by atoms with E-state index in [0.717, 1.165) is 18.6 Å². The molecule has 1 fully saturated rings. The van der Waals surface area contributed by atoms with Gasteiger partial charge in [-0.2, -0.15) is 0 Å². The summed E-state index contributed by atoms with van der Waals surface area (Å²) < 4.78 is 27.7. The lowest BCUT2D eigenvalue weighted by molar-refractivity contribution is -0.118. The molecule has 1 aliphatic rings. The minimum atomic E-state index is -0.730. The zero-order chi connectivity index (χ0) is 12.6. The molecule has 6 heteroatoms. The number of amides is 1. The second-order valence-electron chi connectivity index (χ2n) is 3.82. The number of hydrogen-bond acceptors (Lipinski definition) is 1. The highest BCUT2D eigenvalue weighted by Crippen LogP contribution is 2.31. The fraction of sp³-hybridized carbons (Fsp3) is 0.364. The van der Waals surface area contributed by atoms with Crippen molar-refractivity contribution in [3.63, 3.8) is 0 Å². The molecule has 2 nitrogen and oxygen atoms in total. The summed E-state index contributed by atoms with van der Waals surface area (Å²) in [5, 5.41) is 0. The van der Waals surface area contributed by atoms with Crippen LogP contribution in [0.5, 0.6) is 0 Å². The van der Waals surface area contributed by atoms with Crippen LogP contribution in [0, 0.1) is 11.6 Å². The maximum atomic E-state index is 13.7. The Morgan fingerprint density at radius 1 is 1.29 bits per heavy atom. The second-order valence-corrected chi connectivity index (χ2v) is 5.84. The summed E-state index contributed by atoms with van der Waals surface area (Å²) in [6, 6.07) is 2.31. The van der Waals surface area contributed by atoms with Gasteiger partial charge < -0.3 is 4.90 Å². The fourth-order valence-electron chi connectivity index (χ4n) is 1.85. The summed E-state index contributed by atoms with van der Waals surface area (Å²) in [7, 11) is 0. The molecule has 17 heavy (non-hydrogen) atoms. The van der Waals surface area contributed by atoms with E-state index in [1.165, 1.54) is 4.90 Å². The molecule has 1 aromatic carbocycles. The van der Waals surface area contributed by atoms with Crippen LogP contribution < -0.4 is 4.90 Å². The van der Waals surface area contributed by atoms with Crippen molar-refractivity contribution < 1.29 is 13.6 Å². The number of nitrogens with zero attached hydrogens (tertiary/aromatic N) is 1. The molecule has 1 amide bonds. The molecule has 92 valence electrons. The van der Waals surface area contributed by atoms with Gasteiger partial charge in [-0.15, -0.1) is 0 Å². The SMILES string of the molecule is O=C1C(Br)CCCN1c1c(F)cc(Br)cc1F. The van der Waals surface area contributed by atoms with E-state index in [1.807, 2.05) is 0 Å². The zero-order valence-electron chi connectivity index (χ0n) is 8.72. The Bertz CT molecular complexity index is 444. The first-order valence-corrected chi connectivity index (χ1v) is 6.81. The van der Waals surface area contributed by atoms with Crippen LogP contribution in [0.4, 0.5) is 14.5 Å². The van der Waals surface area contributed by atoms with Gasteiger partial charge in [-0.25, -0.2) is 8.78 Å². The second kappa shape index (κ2) is 5.02. The lowest BCUT2D eigenvalue weighted by atomic mass is 10.1. The molecule has 0 aromatic heterocycles. The minimum absolute atomic E-state index is 0.262. The lowest BCUT2D eigenvalue weighted by Crippen LogP contribution is -2.42. The van der Waals surface area contributed by atoms with E-state index >= 15 is 0 Å². The Labute approximate surface area is 114 Å². The largest absolute Gasteiger partial charge is 0.306 e. The van der Waals surface area contributed by atoms with Gasteiger partial charge in [-0.3, -0.25) is 4.79 Å². The highest BCUT2D eigenvalue weighted by atomic mass is 79.9. The molecule has 1 unspecified atom stereocenters. The molecule has 1 aliphatic heterocycles. The van der Waals surface area contributed by atoms with Gasteiger partial charge in [-0.05, 0) is 25.0 Å². The highest BCUT2D eigenvalue weighted by molar-refractivity contribution is 9.10. The normalized spacial score (nSPS) is 20.8. The van der Waals surface area contributed by atoms with Gasteiger partial charge in [-0.1, -0.05) is 31.9 Å². The Kier molecular flexibility index (Phi) is 3.82. The van der Waals surface area contributed by atoms with Crippen molar-refractivity contribution in [1.82, 2.24) is 0 Å². The van der Waals surface area contributed by atoms with Crippen molar-refractivity contribution in [2.75, 3.05) is 11.4 Å². The topological polar surface area (TPSA) is 20.3 Å².